The maximum atomic E-state index is 3.73. The Morgan fingerprint density at radius 1 is 1.71 bits per heavy atom. The maximum absolute atomic E-state index is 3.73. The van der Waals surface area contributed by atoms with E-state index in [-0.39, 0.29) is 0 Å². The third-order valence-corrected chi connectivity index (χ3v) is 0.717. The molecule has 0 saturated carbocycles. The lowest BCUT2D eigenvalue weighted by molar-refractivity contribution is 0.714. The fourth-order valence-corrected chi connectivity index (χ4v) is 0.463. The Morgan fingerprint density at radius 3 is 2.57 bits per heavy atom. The molecule has 0 aliphatic heterocycles. The summed E-state index contributed by atoms with van der Waals surface area (Å²) in [5.74, 6) is 0. The first-order chi connectivity index (χ1) is 3.29. The Bertz CT molecular complexity index is 139. The van der Waals surface area contributed by atoms with E-state index in [0.717, 1.165) is 5.69 Å². The summed E-state index contributed by atoms with van der Waals surface area (Å²) >= 11 is 0. The van der Waals surface area contributed by atoms with Crippen molar-refractivity contribution in [2.24, 2.45) is 7.05 Å². The first-order valence-corrected chi connectivity index (χ1v) is 2.12. The minimum atomic E-state index is 0.961. The van der Waals surface area contributed by atoms with Crippen LogP contribution in [0.3, 0.4) is 0 Å². The molecule has 0 amide bonds. The Labute approximate surface area is 42.0 Å². The van der Waals surface area contributed by atoms with Gasteiger partial charge in [0, 0.05) is 13.2 Å². The topological polar surface area (TPSA) is 30.7 Å². The largest absolute Gasteiger partial charge is 0.255 e. The molecule has 1 aromatic heterocycles. The van der Waals surface area contributed by atoms with Gasteiger partial charge in [-0.05, 0) is 6.92 Å². The first-order valence-electron chi connectivity index (χ1n) is 2.12. The van der Waals surface area contributed by atoms with Crippen LogP contribution < -0.4 is 0 Å². The molecule has 3 nitrogen and oxygen atoms in total. The van der Waals surface area contributed by atoms with E-state index in [1.165, 1.54) is 0 Å². The molecule has 0 spiro atoms. The Hall–Kier alpha value is -0.860. The van der Waals surface area contributed by atoms with Gasteiger partial charge in [0.15, 0.2) is 0 Å². The second-order valence-electron chi connectivity index (χ2n) is 1.53. The quantitative estimate of drug-likeness (QED) is 0.460. The number of aryl methyl sites for hydroxylation is 2. The zero-order valence-corrected chi connectivity index (χ0v) is 4.42. The van der Waals surface area contributed by atoms with E-state index in [1.807, 2.05) is 20.2 Å². The Morgan fingerprint density at radius 2 is 2.43 bits per heavy atom. The Kier molecular flexibility index (Phi) is 0.817. The maximum Gasteiger partial charge on any atom is 0.0796 e. The van der Waals surface area contributed by atoms with Crippen molar-refractivity contribution in [2.75, 3.05) is 0 Å². The highest BCUT2D eigenvalue weighted by Gasteiger charge is 1.83. The summed E-state index contributed by atoms with van der Waals surface area (Å²) in [5, 5.41) is 7.41. The van der Waals surface area contributed by atoms with Gasteiger partial charge in [0.2, 0.25) is 0 Å². The van der Waals surface area contributed by atoms with Crippen LogP contribution in [0.2, 0.25) is 0 Å². The van der Waals surface area contributed by atoms with Gasteiger partial charge in [-0.1, -0.05) is 5.21 Å². The molecule has 0 aliphatic carbocycles. The predicted octanol–water partition coefficient (Wildman–Crippen LogP) is 0.124. The van der Waals surface area contributed by atoms with Crippen molar-refractivity contribution in [3.63, 3.8) is 0 Å². The van der Waals surface area contributed by atoms with Crippen LogP contribution in [-0.4, -0.2) is 15.0 Å². The molecule has 0 radical (unpaired) electrons. The molecule has 0 fully saturated rings. The van der Waals surface area contributed by atoms with Gasteiger partial charge in [-0.25, -0.2) is 0 Å². The summed E-state index contributed by atoms with van der Waals surface area (Å²) in [6.07, 6.45) is 1.86. The van der Waals surface area contributed by atoms with Crippen molar-refractivity contribution in [1.82, 2.24) is 15.0 Å². The standard InChI is InChI=1S/C4H7N3/c1-4-3-7(2)6-5-4/h3H,1-2H3. The molecule has 38 valence electrons. The lowest BCUT2D eigenvalue weighted by Gasteiger charge is -1.75. The molecule has 3 heteroatoms. The molecule has 0 unspecified atom stereocenters. The van der Waals surface area contributed by atoms with Crippen molar-refractivity contribution in [3.8, 4) is 0 Å². The summed E-state index contributed by atoms with van der Waals surface area (Å²) in [5.41, 5.74) is 0.961. The highest BCUT2D eigenvalue weighted by atomic mass is 15.4. The van der Waals surface area contributed by atoms with Crippen LogP contribution in [0.25, 0.3) is 0 Å². The summed E-state index contributed by atoms with van der Waals surface area (Å²) in [6, 6.07) is 0. The van der Waals surface area contributed by atoms with Crippen LogP contribution in [-0.2, 0) is 7.05 Å². The van der Waals surface area contributed by atoms with Crippen molar-refractivity contribution in [3.05, 3.63) is 11.9 Å². The van der Waals surface area contributed by atoms with E-state index in [2.05, 4.69) is 10.3 Å². The highest BCUT2D eigenvalue weighted by molar-refractivity contribution is 4.85. The van der Waals surface area contributed by atoms with Gasteiger partial charge in [-0.2, -0.15) is 0 Å². The molecule has 1 heterocycles. The van der Waals surface area contributed by atoms with E-state index >= 15 is 0 Å². The zero-order valence-electron chi connectivity index (χ0n) is 4.42. The molecule has 7 heavy (non-hydrogen) atoms. The van der Waals surface area contributed by atoms with Gasteiger partial charge >= 0.3 is 0 Å². The molecule has 1 aromatic rings. The van der Waals surface area contributed by atoms with Gasteiger partial charge in [0.1, 0.15) is 0 Å². The van der Waals surface area contributed by atoms with Gasteiger partial charge in [-0.15, -0.1) is 5.10 Å². The number of aromatic nitrogens is 3. The summed E-state index contributed by atoms with van der Waals surface area (Å²) < 4.78 is 1.68. The molecule has 1 rings (SSSR count). The van der Waals surface area contributed by atoms with Crippen LogP contribution >= 0.6 is 0 Å². The minimum Gasteiger partial charge on any atom is -0.255 e. The molecule has 0 bridgehead atoms. The van der Waals surface area contributed by atoms with Gasteiger partial charge in [-0.3, -0.25) is 4.68 Å². The van der Waals surface area contributed by atoms with E-state index in [1.54, 1.807) is 4.68 Å². The van der Waals surface area contributed by atoms with Crippen LogP contribution in [0.15, 0.2) is 6.20 Å². The van der Waals surface area contributed by atoms with E-state index < -0.39 is 0 Å². The van der Waals surface area contributed by atoms with E-state index in [9.17, 15) is 0 Å². The highest BCUT2D eigenvalue weighted by Crippen LogP contribution is 1.82. The Balaban J connectivity index is 3.04. The molecular formula is C4H7N3. The van der Waals surface area contributed by atoms with Crippen LogP contribution in [0, 0.1) is 6.92 Å². The van der Waals surface area contributed by atoms with Crippen LogP contribution in [0.1, 0.15) is 5.69 Å². The first kappa shape index (κ1) is 4.30. The average Bonchev–Trinajstić information content (AvgIpc) is 1.87. The van der Waals surface area contributed by atoms with Gasteiger partial charge < -0.3 is 0 Å². The molecule has 0 aliphatic rings. The fourth-order valence-electron chi connectivity index (χ4n) is 0.463. The number of rotatable bonds is 0. The molecule has 0 aromatic carbocycles. The fraction of sp³-hybridized carbons (Fsp3) is 0.500. The predicted molar refractivity (Wildman–Crippen MR) is 25.7 cm³/mol. The lowest BCUT2D eigenvalue weighted by atomic mass is 10.6. The number of nitrogens with zero attached hydrogens (tertiary/aromatic N) is 3. The van der Waals surface area contributed by atoms with Crippen molar-refractivity contribution < 1.29 is 0 Å². The monoisotopic (exact) mass is 97.1 g/mol. The van der Waals surface area contributed by atoms with Crippen LogP contribution in [0.4, 0.5) is 0 Å². The van der Waals surface area contributed by atoms with E-state index in [4.69, 9.17) is 0 Å². The zero-order chi connectivity index (χ0) is 5.28. The number of hydrogen-bond acceptors (Lipinski definition) is 2. The second kappa shape index (κ2) is 1.33. The minimum absolute atomic E-state index is 0.961. The van der Waals surface area contributed by atoms with Gasteiger partial charge in [0.05, 0.1) is 5.69 Å². The van der Waals surface area contributed by atoms with Gasteiger partial charge in [0.25, 0.3) is 0 Å². The number of hydrogen-bond donors (Lipinski definition) is 0. The summed E-state index contributed by atoms with van der Waals surface area (Å²) in [6.45, 7) is 1.91. The van der Waals surface area contributed by atoms with Crippen molar-refractivity contribution in [2.45, 2.75) is 6.92 Å². The molecule has 0 N–H and O–H groups in total. The second-order valence-corrected chi connectivity index (χ2v) is 1.53. The van der Waals surface area contributed by atoms with E-state index in [0.29, 0.717) is 0 Å². The SMILES string of the molecule is Cc1cn(C)nn1. The summed E-state index contributed by atoms with van der Waals surface area (Å²) in [7, 11) is 1.85. The third-order valence-electron chi connectivity index (χ3n) is 0.717. The molecular weight excluding hydrogens is 90.1 g/mol. The third kappa shape index (κ3) is 0.765. The van der Waals surface area contributed by atoms with Crippen molar-refractivity contribution >= 4 is 0 Å². The summed E-state index contributed by atoms with van der Waals surface area (Å²) in [4.78, 5) is 0. The normalized spacial score (nSPS) is 9.43. The lowest BCUT2D eigenvalue weighted by Crippen LogP contribution is -1.85. The molecule has 0 atom stereocenters. The van der Waals surface area contributed by atoms with Crippen molar-refractivity contribution in [1.29, 1.82) is 0 Å². The van der Waals surface area contributed by atoms with Crippen LogP contribution in [0.5, 0.6) is 0 Å². The smallest absolute Gasteiger partial charge is 0.0796 e. The average molecular weight is 97.1 g/mol. The molecule has 0 saturated heterocycles.